The van der Waals surface area contributed by atoms with Crippen LogP contribution in [0.5, 0.6) is 5.75 Å². The molecule has 0 fully saturated rings. The second-order valence-electron chi connectivity index (χ2n) is 16.0. The van der Waals surface area contributed by atoms with Gasteiger partial charge in [0.2, 0.25) is 10.0 Å². The van der Waals surface area contributed by atoms with E-state index in [1.54, 1.807) is 24.3 Å². The number of aromatic nitrogens is 4. The highest BCUT2D eigenvalue weighted by Crippen LogP contribution is 2.41. The van der Waals surface area contributed by atoms with Crippen molar-refractivity contribution in [3.05, 3.63) is 59.5 Å². The Bertz CT molecular complexity index is 2010. The fourth-order valence-electron chi connectivity index (χ4n) is 4.91. The molecule has 0 aliphatic rings. The van der Waals surface area contributed by atoms with Crippen LogP contribution in [0.25, 0.3) is 22.4 Å². The van der Waals surface area contributed by atoms with E-state index >= 15 is 4.39 Å². The molecule has 0 radical (unpaired) electrons. The quantitative estimate of drug-likeness (QED) is 0.102. The van der Waals surface area contributed by atoms with E-state index in [4.69, 9.17) is 8.85 Å². The van der Waals surface area contributed by atoms with E-state index < -0.39 is 45.1 Å². The first-order valence-corrected chi connectivity index (χ1v) is 24.6. The molecule has 0 bridgehead atoms. The summed E-state index contributed by atoms with van der Waals surface area (Å²) in [5.74, 6) is -1.04. The maximum Gasteiger partial charge on any atom is 0.393 e. The van der Waals surface area contributed by atoms with Gasteiger partial charge in [-0.25, -0.2) is 22.8 Å². The highest BCUT2D eigenvalue weighted by atomic mass is 32.2. The molecule has 2 aromatic heterocycles. The van der Waals surface area contributed by atoms with Crippen LogP contribution < -0.4 is 14.0 Å². The van der Waals surface area contributed by atoms with E-state index in [9.17, 15) is 21.6 Å². The molecule has 2 N–H and O–H groups in total. The van der Waals surface area contributed by atoms with Crippen molar-refractivity contribution < 1.29 is 34.8 Å². The van der Waals surface area contributed by atoms with E-state index in [-0.39, 0.29) is 63.9 Å². The lowest BCUT2D eigenvalue weighted by Gasteiger charge is -2.37. The summed E-state index contributed by atoms with van der Waals surface area (Å²) < 4.78 is 97.3. The number of para-hydroxylation sites is 1. The smallest absolute Gasteiger partial charge is 0.393 e. The second-order valence-corrected chi connectivity index (χ2v) is 27.5. The minimum absolute atomic E-state index is 0.0562. The first kappa shape index (κ1) is 41.2. The van der Waals surface area contributed by atoms with Gasteiger partial charge in [0.1, 0.15) is 11.6 Å². The second kappa shape index (κ2) is 14.7. The number of alkyl halides is 3. The summed E-state index contributed by atoms with van der Waals surface area (Å²) in [4.78, 5) is 8.97. The molecule has 286 valence electrons. The third-order valence-corrected chi connectivity index (χ3v) is 20.0. The molecule has 2 heterocycles. The number of H-pyrrole nitrogens is 1. The zero-order valence-corrected chi connectivity index (χ0v) is 34.5. The number of hydrogen-bond acceptors (Lipinski definition) is 8. The molecule has 0 amide bonds. The summed E-state index contributed by atoms with van der Waals surface area (Å²) in [7, 11) is -8.48. The van der Waals surface area contributed by atoms with Crippen molar-refractivity contribution in [1.29, 1.82) is 0 Å². The van der Waals surface area contributed by atoms with Crippen LogP contribution in [0.15, 0.2) is 42.6 Å². The summed E-state index contributed by atoms with van der Waals surface area (Å²) >= 11 is 0. The van der Waals surface area contributed by atoms with E-state index in [0.717, 1.165) is 18.4 Å². The van der Waals surface area contributed by atoms with Gasteiger partial charge in [-0.15, -0.1) is 0 Å². The van der Waals surface area contributed by atoms with Crippen LogP contribution in [-0.2, 0) is 27.4 Å². The average molecular weight is 783 g/mol. The number of hydrogen-bond donors (Lipinski definition) is 2. The lowest BCUT2D eigenvalue weighted by atomic mass is 10.0. The fourth-order valence-corrected chi connectivity index (χ4v) is 7.90. The molecule has 0 aliphatic heterocycles. The molecule has 0 spiro atoms. The van der Waals surface area contributed by atoms with Gasteiger partial charge in [0.05, 0.1) is 43.1 Å². The van der Waals surface area contributed by atoms with E-state index in [1.165, 1.54) is 10.5 Å². The molecule has 0 aliphatic carbocycles. The van der Waals surface area contributed by atoms with Crippen LogP contribution in [0.4, 0.5) is 29.1 Å². The fraction of sp³-hybridized carbons (Fsp3) is 0.514. The summed E-state index contributed by atoms with van der Waals surface area (Å²) in [5.41, 5.74) is 0.846. The Morgan fingerprint density at radius 1 is 0.923 bits per heavy atom. The minimum Gasteiger partial charge on any atom is -0.542 e. The normalized spacial score (nSPS) is 13.4. The van der Waals surface area contributed by atoms with Gasteiger partial charge in [0, 0.05) is 12.1 Å². The van der Waals surface area contributed by atoms with Crippen LogP contribution in [0, 0.1) is 5.82 Å². The van der Waals surface area contributed by atoms with Crippen LogP contribution in [0.3, 0.4) is 0 Å². The van der Waals surface area contributed by atoms with Gasteiger partial charge in [0.25, 0.3) is 8.32 Å². The third-order valence-electron chi connectivity index (χ3n) is 9.94. The van der Waals surface area contributed by atoms with Crippen LogP contribution in [-0.4, -0.2) is 70.8 Å². The number of nitrogens with zero attached hydrogens (tertiary/aromatic N) is 4. The van der Waals surface area contributed by atoms with Crippen molar-refractivity contribution in [2.45, 2.75) is 96.9 Å². The molecule has 4 rings (SSSR count). The number of rotatable bonds is 13. The molecule has 17 heteroatoms. The molecular weight excluding hydrogens is 733 g/mol. The van der Waals surface area contributed by atoms with Crippen molar-refractivity contribution >= 4 is 49.2 Å². The lowest BCUT2D eigenvalue weighted by molar-refractivity contribution is -0.127. The van der Waals surface area contributed by atoms with Crippen molar-refractivity contribution in [1.82, 2.24) is 20.2 Å². The lowest BCUT2D eigenvalue weighted by Crippen LogP contribution is -2.44. The van der Waals surface area contributed by atoms with Crippen LogP contribution >= 0.6 is 0 Å². The predicted octanol–water partition coefficient (Wildman–Crippen LogP) is 9.05. The number of anilines is 2. The summed E-state index contributed by atoms with van der Waals surface area (Å²) in [5, 5.41) is 10.0. The van der Waals surface area contributed by atoms with Gasteiger partial charge >= 0.3 is 6.18 Å². The van der Waals surface area contributed by atoms with Gasteiger partial charge in [-0.05, 0) is 65.6 Å². The number of nitrogens with one attached hydrogen (secondary N) is 2. The van der Waals surface area contributed by atoms with Crippen molar-refractivity contribution in [2.75, 3.05) is 29.0 Å². The largest absolute Gasteiger partial charge is 0.542 e. The molecule has 2 aromatic carbocycles. The average Bonchev–Trinajstić information content (AvgIpc) is 3.46. The van der Waals surface area contributed by atoms with Gasteiger partial charge in [-0.3, -0.25) is 9.40 Å². The SMILES string of the molecule is CC(C)(C)[Si](C)(C)OCCN(c1ccccc1CNc1nc(-c2cc(F)c(O[Si](C)(C)C(C)(C)C)cc2CC(F)(F)F)nc2[nH]ncc12)S(C)(=O)=O. The molecule has 4 aromatic rings. The highest BCUT2D eigenvalue weighted by Gasteiger charge is 2.40. The molecule has 52 heavy (non-hydrogen) atoms. The number of sulfonamides is 1. The zero-order chi connectivity index (χ0) is 39.1. The first-order valence-electron chi connectivity index (χ1n) is 16.9. The number of fused-ring (bicyclic) bond motifs is 1. The molecule has 0 unspecified atom stereocenters. The Balaban J connectivity index is 1.72. The molecule has 0 saturated heterocycles. The van der Waals surface area contributed by atoms with Gasteiger partial charge in [-0.2, -0.15) is 18.3 Å². The molecule has 0 atom stereocenters. The topological polar surface area (TPSA) is 122 Å². The summed E-state index contributed by atoms with van der Waals surface area (Å²) in [6.45, 7) is 20.5. The Morgan fingerprint density at radius 3 is 2.15 bits per heavy atom. The predicted molar refractivity (Wildman–Crippen MR) is 204 cm³/mol. The number of halogens is 4. The standard InChI is InChI=1S/C35H50F4N6O4SSi2/c1-33(2,3)51(8,9)48-17-16-45(50(7,46)47)28-15-13-12-14-23(28)21-40-30-26-22-41-44-32(26)43-31(42-30)25-19-27(36)29(18-24(25)20-35(37,38)39)49-52(10,11)34(4,5)6/h12-15,18-19,22H,16-17,20-21H2,1-11H3,(H2,40,41,42,43,44). The summed E-state index contributed by atoms with van der Waals surface area (Å²) in [6.07, 6.45) is -3.39. The Kier molecular flexibility index (Phi) is 11.7. The third kappa shape index (κ3) is 9.70. The van der Waals surface area contributed by atoms with E-state index in [2.05, 4.69) is 59.3 Å². The van der Waals surface area contributed by atoms with Gasteiger partial charge in [0.15, 0.2) is 25.6 Å². The maximum atomic E-state index is 15.7. The van der Waals surface area contributed by atoms with Crippen molar-refractivity contribution in [2.24, 2.45) is 0 Å². The Morgan fingerprint density at radius 2 is 1.56 bits per heavy atom. The first-order chi connectivity index (χ1) is 23.7. The van der Waals surface area contributed by atoms with Gasteiger partial charge in [-0.1, -0.05) is 59.7 Å². The number of benzene rings is 2. The minimum atomic E-state index is -4.62. The van der Waals surface area contributed by atoms with Crippen molar-refractivity contribution in [3.8, 4) is 17.1 Å². The highest BCUT2D eigenvalue weighted by molar-refractivity contribution is 7.92. The molecule has 10 nitrogen and oxygen atoms in total. The Hall–Kier alpha value is -3.55. The maximum absolute atomic E-state index is 15.7. The van der Waals surface area contributed by atoms with Crippen LogP contribution in [0.2, 0.25) is 36.3 Å². The van der Waals surface area contributed by atoms with E-state index in [0.29, 0.717) is 16.6 Å². The zero-order valence-electron chi connectivity index (χ0n) is 31.7. The number of aromatic amines is 1. The summed E-state index contributed by atoms with van der Waals surface area (Å²) in [6, 6.07) is 9.04. The Labute approximate surface area is 306 Å². The van der Waals surface area contributed by atoms with Gasteiger partial charge < -0.3 is 14.2 Å². The molecular formula is C35H50F4N6O4SSi2. The van der Waals surface area contributed by atoms with E-state index in [1.807, 2.05) is 33.9 Å². The molecule has 0 saturated carbocycles. The van der Waals surface area contributed by atoms with Crippen molar-refractivity contribution in [3.63, 3.8) is 0 Å². The monoisotopic (exact) mass is 782 g/mol. The van der Waals surface area contributed by atoms with Crippen LogP contribution in [0.1, 0.15) is 52.7 Å².